The van der Waals surface area contributed by atoms with Crippen LogP contribution in [-0.2, 0) is 13.1 Å². The summed E-state index contributed by atoms with van der Waals surface area (Å²) in [7, 11) is 0. The van der Waals surface area contributed by atoms with Crippen LogP contribution >= 0.6 is 11.3 Å². The first kappa shape index (κ1) is 11.8. The summed E-state index contributed by atoms with van der Waals surface area (Å²) in [5.74, 6) is 0. The van der Waals surface area contributed by atoms with Crippen LogP contribution in [0.4, 0.5) is 0 Å². The zero-order chi connectivity index (χ0) is 11.2. The lowest BCUT2D eigenvalue weighted by Gasteiger charge is -2.21. The van der Waals surface area contributed by atoms with E-state index in [4.69, 9.17) is 0 Å². The monoisotopic (exact) mass is 236 g/mol. The van der Waals surface area contributed by atoms with Gasteiger partial charge in [0.2, 0.25) is 0 Å². The third-order valence-corrected chi connectivity index (χ3v) is 3.86. The van der Waals surface area contributed by atoms with E-state index in [2.05, 4.69) is 41.4 Å². The fourth-order valence-electron chi connectivity index (χ4n) is 1.90. The highest BCUT2D eigenvalue weighted by molar-refractivity contribution is 7.11. The van der Waals surface area contributed by atoms with Crippen LogP contribution in [0.1, 0.15) is 23.1 Å². The highest BCUT2D eigenvalue weighted by Crippen LogP contribution is 2.19. The summed E-state index contributed by atoms with van der Waals surface area (Å²) in [6.07, 6.45) is 5.76. The molecular weight excluding hydrogens is 216 g/mol. The SMILES string of the molecule is CCNCc1ccc(CN2CC=CCC2)s1. The minimum Gasteiger partial charge on any atom is -0.312 e. The molecule has 1 aromatic rings. The van der Waals surface area contributed by atoms with Gasteiger partial charge in [-0.1, -0.05) is 19.1 Å². The standard InChI is InChI=1S/C13H20N2S/c1-2-14-10-12-6-7-13(16-12)11-15-8-4-3-5-9-15/h3-4,6-7,14H,2,5,8-11H2,1H3. The number of rotatable bonds is 5. The number of hydrogen-bond acceptors (Lipinski definition) is 3. The first-order chi connectivity index (χ1) is 7.88. The molecule has 0 fully saturated rings. The van der Waals surface area contributed by atoms with Gasteiger partial charge in [-0.3, -0.25) is 4.90 Å². The van der Waals surface area contributed by atoms with Crippen LogP contribution in [0.5, 0.6) is 0 Å². The predicted molar refractivity (Wildman–Crippen MR) is 70.7 cm³/mol. The largest absolute Gasteiger partial charge is 0.312 e. The van der Waals surface area contributed by atoms with Gasteiger partial charge < -0.3 is 5.32 Å². The maximum atomic E-state index is 3.37. The van der Waals surface area contributed by atoms with E-state index in [1.54, 1.807) is 0 Å². The summed E-state index contributed by atoms with van der Waals surface area (Å²) in [4.78, 5) is 5.44. The van der Waals surface area contributed by atoms with Gasteiger partial charge in [-0.25, -0.2) is 0 Å². The van der Waals surface area contributed by atoms with Crippen molar-refractivity contribution in [3.05, 3.63) is 34.0 Å². The van der Waals surface area contributed by atoms with Crippen molar-refractivity contribution in [2.75, 3.05) is 19.6 Å². The fraction of sp³-hybridized carbons (Fsp3) is 0.538. The number of nitrogens with one attached hydrogen (secondary N) is 1. The zero-order valence-corrected chi connectivity index (χ0v) is 10.7. The molecule has 16 heavy (non-hydrogen) atoms. The third kappa shape index (κ3) is 3.44. The van der Waals surface area contributed by atoms with Crippen LogP contribution in [0.3, 0.4) is 0 Å². The fourth-order valence-corrected chi connectivity index (χ4v) is 2.93. The molecule has 0 bridgehead atoms. The van der Waals surface area contributed by atoms with Crippen molar-refractivity contribution in [3.63, 3.8) is 0 Å². The molecule has 0 amide bonds. The molecule has 0 saturated heterocycles. The van der Waals surface area contributed by atoms with E-state index in [0.717, 1.165) is 26.2 Å². The Bertz CT molecular complexity index is 343. The van der Waals surface area contributed by atoms with Gasteiger partial charge in [0, 0.05) is 35.9 Å². The van der Waals surface area contributed by atoms with E-state index in [-0.39, 0.29) is 0 Å². The molecule has 1 aliphatic rings. The molecule has 0 spiro atoms. The highest BCUT2D eigenvalue weighted by atomic mass is 32.1. The van der Waals surface area contributed by atoms with Crippen molar-refractivity contribution in [2.45, 2.75) is 26.4 Å². The molecule has 0 saturated carbocycles. The molecule has 0 aliphatic carbocycles. The van der Waals surface area contributed by atoms with Gasteiger partial charge in [0.15, 0.2) is 0 Å². The van der Waals surface area contributed by atoms with Gasteiger partial charge in [-0.2, -0.15) is 0 Å². The van der Waals surface area contributed by atoms with Crippen molar-refractivity contribution in [1.82, 2.24) is 10.2 Å². The second-order valence-electron chi connectivity index (χ2n) is 4.14. The third-order valence-electron chi connectivity index (χ3n) is 2.79. The topological polar surface area (TPSA) is 15.3 Å². The van der Waals surface area contributed by atoms with Crippen molar-refractivity contribution in [2.24, 2.45) is 0 Å². The lowest BCUT2D eigenvalue weighted by molar-refractivity contribution is 0.293. The van der Waals surface area contributed by atoms with Crippen LogP contribution < -0.4 is 5.32 Å². The average molecular weight is 236 g/mol. The van der Waals surface area contributed by atoms with Gasteiger partial charge in [0.05, 0.1) is 0 Å². The average Bonchev–Trinajstić information content (AvgIpc) is 2.75. The van der Waals surface area contributed by atoms with Crippen LogP contribution in [0, 0.1) is 0 Å². The Labute approximate surface area is 102 Å². The van der Waals surface area contributed by atoms with E-state index in [9.17, 15) is 0 Å². The molecule has 0 atom stereocenters. The van der Waals surface area contributed by atoms with E-state index in [1.807, 2.05) is 11.3 Å². The quantitative estimate of drug-likeness (QED) is 0.791. The molecule has 0 unspecified atom stereocenters. The van der Waals surface area contributed by atoms with E-state index in [1.165, 1.54) is 22.7 Å². The Kier molecular flexibility index (Phi) is 4.57. The highest BCUT2D eigenvalue weighted by Gasteiger charge is 2.08. The smallest absolute Gasteiger partial charge is 0.0331 e. The van der Waals surface area contributed by atoms with Crippen molar-refractivity contribution in [1.29, 1.82) is 0 Å². The second kappa shape index (κ2) is 6.18. The lowest BCUT2D eigenvalue weighted by atomic mass is 10.2. The van der Waals surface area contributed by atoms with Crippen LogP contribution in [0.2, 0.25) is 0 Å². The Hall–Kier alpha value is -0.640. The molecule has 1 aromatic heterocycles. The predicted octanol–water partition coefficient (Wildman–Crippen LogP) is 2.62. The zero-order valence-electron chi connectivity index (χ0n) is 9.91. The van der Waals surface area contributed by atoms with Gasteiger partial charge in [0.25, 0.3) is 0 Å². The molecule has 0 aromatic carbocycles. The summed E-state index contributed by atoms with van der Waals surface area (Å²) < 4.78 is 0. The molecule has 3 heteroatoms. The molecule has 0 radical (unpaired) electrons. The summed E-state index contributed by atoms with van der Waals surface area (Å²) in [6.45, 7) is 7.64. The van der Waals surface area contributed by atoms with Crippen LogP contribution in [-0.4, -0.2) is 24.5 Å². The normalized spacial score (nSPS) is 16.8. The Balaban J connectivity index is 1.84. The summed E-state index contributed by atoms with van der Waals surface area (Å²) >= 11 is 1.94. The maximum absolute atomic E-state index is 3.37. The lowest BCUT2D eigenvalue weighted by Crippen LogP contribution is -2.26. The van der Waals surface area contributed by atoms with Crippen LogP contribution in [0.15, 0.2) is 24.3 Å². The Morgan fingerprint density at radius 1 is 1.31 bits per heavy atom. The molecule has 2 rings (SSSR count). The minimum atomic E-state index is 1.01. The van der Waals surface area contributed by atoms with Gasteiger partial charge >= 0.3 is 0 Å². The van der Waals surface area contributed by atoms with E-state index >= 15 is 0 Å². The minimum absolute atomic E-state index is 1.01. The maximum Gasteiger partial charge on any atom is 0.0331 e. The molecular formula is C13H20N2S. The summed E-state index contributed by atoms with van der Waals surface area (Å²) in [5.41, 5.74) is 0. The van der Waals surface area contributed by atoms with Crippen LogP contribution in [0.25, 0.3) is 0 Å². The van der Waals surface area contributed by atoms with E-state index < -0.39 is 0 Å². The van der Waals surface area contributed by atoms with Gasteiger partial charge in [-0.05, 0) is 25.1 Å². The Morgan fingerprint density at radius 3 is 2.94 bits per heavy atom. The summed E-state index contributed by atoms with van der Waals surface area (Å²) in [6, 6.07) is 4.53. The first-order valence-electron chi connectivity index (χ1n) is 6.04. The van der Waals surface area contributed by atoms with E-state index in [0.29, 0.717) is 0 Å². The van der Waals surface area contributed by atoms with Gasteiger partial charge in [0.1, 0.15) is 0 Å². The molecule has 1 N–H and O–H groups in total. The first-order valence-corrected chi connectivity index (χ1v) is 6.86. The number of hydrogen-bond donors (Lipinski definition) is 1. The second-order valence-corrected chi connectivity index (χ2v) is 5.40. The van der Waals surface area contributed by atoms with Crippen molar-refractivity contribution >= 4 is 11.3 Å². The molecule has 88 valence electrons. The molecule has 2 nitrogen and oxygen atoms in total. The van der Waals surface area contributed by atoms with Crippen molar-refractivity contribution in [3.8, 4) is 0 Å². The number of thiophene rings is 1. The molecule has 2 heterocycles. The molecule has 1 aliphatic heterocycles. The summed E-state index contributed by atoms with van der Waals surface area (Å²) in [5, 5.41) is 3.37. The number of nitrogens with zero attached hydrogens (tertiary/aromatic N) is 1. The van der Waals surface area contributed by atoms with Gasteiger partial charge in [-0.15, -0.1) is 11.3 Å². The Morgan fingerprint density at radius 2 is 2.19 bits per heavy atom. The van der Waals surface area contributed by atoms with Crippen molar-refractivity contribution < 1.29 is 0 Å².